The lowest BCUT2D eigenvalue weighted by Gasteiger charge is -2.12. The normalized spacial score (nSPS) is 11.0. The number of anilines is 1. The van der Waals surface area contributed by atoms with Crippen LogP contribution in [0.3, 0.4) is 0 Å². The van der Waals surface area contributed by atoms with Crippen LogP contribution in [0.5, 0.6) is 0 Å². The monoisotopic (exact) mass is 336 g/mol. The molecule has 8 heteroatoms. The molecule has 0 unspecified atom stereocenters. The van der Waals surface area contributed by atoms with Crippen LogP contribution in [0.25, 0.3) is 10.8 Å². The van der Waals surface area contributed by atoms with Gasteiger partial charge in [0.05, 0.1) is 17.3 Å². The Morgan fingerprint density at radius 2 is 1.95 bits per heavy atom. The van der Waals surface area contributed by atoms with Crippen molar-refractivity contribution in [2.75, 3.05) is 5.32 Å². The van der Waals surface area contributed by atoms with Crippen LogP contribution < -0.4 is 16.4 Å². The van der Waals surface area contributed by atoms with E-state index in [1.807, 2.05) is 0 Å². The van der Waals surface area contributed by atoms with E-state index in [2.05, 4.69) is 10.3 Å². The SMILES string of the molecule is Cn1c(=O)c2cccc(NCc3cnc(Cl)s3)c2c(=O)n1C. The maximum absolute atomic E-state index is 12.5. The van der Waals surface area contributed by atoms with Crippen LogP contribution in [0.1, 0.15) is 4.88 Å². The van der Waals surface area contributed by atoms with Gasteiger partial charge < -0.3 is 5.32 Å². The molecule has 114 valence electrons. The molecule has 0 amide bonds. The Labute approximate surface area is 134 Å². The number of hydrogen-bond donors (Lipinski definition) is 1. The van der Waals surface area contributed by atoms with E-state index in [4.69, 9.17) is 11.6 Å². The molecule has 2 heterocycles. The van der Waals surface area contributed by atoms with Crippen molar-refractivity contribution >= 4 is 39.4 Å². The highest BCUT2D eigenvalue weighted by atomic mass is 35.5. The van der Waals surface area contributed by atoms with Crippen LogP contribution in [0.4, 0.5) is 5.69 Å². The number of thiazole rings is 1. The number of hydrogen-bond acceptors (Lipinski definition) is 5. The molecule has 0 aliphatic rings. The van der Waals surface area contributed by atoms with Gasteiger partial charge in [-0.25, -0.2) is 4.98 Å². The number of fused-ring (bicyclic) bond motifs is 1. The van der Waals surface area contributed by atoms with Gasteiger partial charge in [-0.15, -0.1) is 11.3 Å². The van der Waals surface area contributed by atoms with Crippen molar-refractivity contribution in [2.24, 2.45) is 14.1 Å². The van der Waals surface area contributed by atoms with Gasteiger partial charge >= 0.3 is 0 Å². The summed E-state index contributed by atoms with van der Waals surface area (Å²) in [5.74, 6) is 0. The molecule has 0 aliphatic carbocycles. The highest BCUT2D eigenvalue weighted by molar-refractivity contribution is 7.15. The van der Waals surface area contributed by atoms with E-state index in [1.165, 1.54) is 20.7 Å². The van der Waals surface area contributed by atoms with E-state index in [1.54, 1.807) is 38.5 Å². The lowest BCUT2D eigenvalue weighted by molar-refractivity contribution is 0.543. The van der Waals surface area contributed by atoms with Gasteiger partial charge in [-0.05, 0) is 12.1 Å². The Morgan fingerprint density at radius 3 is 2.64 bits per heavy atom. The first-order valence-corrected chi connectivity index (χ1v) is 7.71. The fourth-order valence-electron chi connectivity index (χ4n) is 2.26. The number of aromatic nitrogens is 3. The second-order valence-corrected chi connectivity index (χ2v) is 6.52. The average Bonchev–Trinajstić information content (AvgIpc) is 2.94. The molecule has 3 rings (SSSR count). The molecular weight excluding hydrogens is 324 g/mol. The number of nitrogens with one attached hydrogen (secondary N) is 1. The first-order valence-electron chi connectivity index (χ1n) is 6.52. The van der Waals surface area contributed by atoms with Gasteiger partial charge in [0.2, 0.25) is 0 Å². The standard InChI is InChI=1S/C14H13ClN4O2S/c1-18-12(20)9-4-3-5-10(11(9)13(21)19(18)2)16-6-8-7-17-14(15)22-8/h3-5,7,16H,6H2,1-2H3. The lowest BCUT2D eigenvalue weighted by Crippen LogP contribution is -2.35. The lowest BCUT2D eigenvalue weighted by atomic mass is 10.1. The van der Waals surface area contributed by atoms with Gasteiger partial charge in [0.1, 0.15) is 0 Å². The van der Waals surface area contributed by atoms with E-state index < -0.39 is 0 Å². The van der Waals surface area contributed by atoms with Crippen LogP contribution in [0.15, 0.2) is 34.0 Å². The largest absolute Gasteiger partial charge is 0.379 e. The molecule has 22 heavy (non-hydrogen) atoms. The molecule has 1 N–H and O–H groups in total. The van der Waals surface area contributed by atoms with Crippen molar-refractivity contribution in [2.45, 2.75) is 6.54 Å². The quantitative estimate of drug-likeness (QED) is 0.794. The summed E-state index contributed by atoms with van der Waals surface area (Å²) in [6.07, 6.45) is 1.68. The van der Waals surface area contributed by atoms with E-state index in [0.717, 1.165) is 4.88 Å². The van der Waals surface area contributed by atoms with Gasteiger partial charge in [0, 0.05) is 30.9 Å². The minimum absolute atomic E-state index is 0.207. The summed E-state index contributed by atoms with van der Waals surface area (Å²) in [7, 11) is 3.14. The van der Waals surface area contributed by atoms with E-state index in [9.17, 15) is 9.59 Å². The van der Waals surface area contributed by atoms with Crippen molar-refractivity contribution in [3.63, 3.8) is 0 Å². The molecule has 0 saturated carbocycles. The van der Waals surface area contributed by atoms with Crippen molar-refractivity contribution in [3.8, 4) is 0 Å². The van der Waals surface area contributed by atoms with Crippen LogP contribution in [0, 0.1) is 0 Å². The minimum Gasteiger partial charge on any atom is -0.379 e. The third-order valence-corrected chi connectivity index (χ3v) is 4.64. The summed E-state index contributed by atoms with van der Waals surface area (Å²) in [5.41, 5.74) is 0.199. The second kappa shape index (κ2) is 5.58. The zero-order chi connectivity index (χ0) is 15.9. The van der Waals surface area contributed by atoms with Crippen LogP contribution >= 0.6 is 22.9 Å². The number of halogens is 1. The van der Waals surface area contributed by atoms with Gasteiger partial charge in [0.15, 0.2) is 4.47 Å². The first-order chi connectivity index (χ1) is 10.5. The Morgan fingerprint density at radius 1 is 1.23 bits per heavy atom. The first kappa shape index (κ1) is 14.8. The Bertz CT molecular complexity index is 973. The predicted octanol–water partition coefficient (Wildman–Crippen LogP) is 1.96. The summed E-state index contributed by atoms with van der Waals surface area (Å²) in [5, 5.41) is 3.98. The van der Waals surface area contributed by atoms with Crippen molar-refractivity contribution in [1.82, 2.24) is 14.3 Å². The maximum atomic E-state index is 12.5. The van der Waals surface area contributed by atoms with E-state index in [-0.39, 0.29) is 11.1 Å². The molecule has 6 nitrogen and oxygen atoms in total. The smallest absolute Gasteiger partial charge is 0.275 e. The number of rotatable bonds is 3. The molecule has 0 atom stereocenters. The molecule has 0 spiro atoms. The van der Waals surface area contributed by atoms with Crippen molar-refractivity contribution in [3.05, 3.63) is 54.4 Å². The molecule has 2 aromatic heterocycles. The Hall–Kier alpha value is -2.12. The predicted molar refractivity (Wildman–Crippen MR) is 88.9 cm³/mol. The van der Waals surface area contributed by atoms with E-state index in [0.29, 0.717) is 27.5 Å². The van der Waals surface area contributed by atoms with Gasteiger partial charge in [-0.3, -0.25) is 19.0 Å². The molecule has 0 fully saturated rings. The van der Waals surface area contributed by atoms with Crippen LogP contribution in [0.2, 0.25) is 4.47 Å². The third kappa shape index (κ3) is 2.42. The fourth-order valence-corrected chi connectivity index (χ4v) is 3.18. The van der Waals surface area contributed by atoms with Gasteiger partial charge in [-0.1, -0.05) is 17.7 Å². The molecule has 0 aliphatic heterocycles. The zero-order valence-corrected chi connectivity index (χ0v) is 13.5. The highest BCUT2D eigenvalue weighted by Crippen LogP contribution is 2.21. The van der Waals surface area contributed by atoms with Gasteiger partial charge in [-0.2, -0.15) is 0 Å². The van der Waals surface area contributed by atoms with Crippen molar-refractivity contribution in [1.29, 1.82) is 0 Å². The minimum atomic E-state index is -0.220. The Balaban J connectivity index is 2.10. The van der Waals surface area contributed by atoms with E-state index >= 15 is 0 Å². The average molecular weight is 337 g/mol. The number of nitrogens with zero attached hydrogens (tertiary/aromatic N) is 3. The molecule has 0 saturated heterocycles. The zero-order valence-electron chi connectivity index (χ0n) is 12.0. The van der Waals surface area contributed by atoms with Crippen molar-refractivity contribution < 1.29 is 0 Å². The Kier molecular flexibility index (Phi) is 3.76. The molecular formula is C14H13ClN4O2S. The summed E-state index contributed by atoms with van der Waals surface area (Å²) >= 11 is 7.17. The molecule has 0 bridgehead atoms. The fraction of sp³-hybridized carbons (Fsp3) is 0.214. The summed E-state index contributed by atoms with van der Waals surface area (Å²) in [4.78, 5) is 29.7. The number of benzene rings is 1. The molecule has 0 radical (unpaired) electrons. The van der Waals surface area contributed by atoms with Crippen LogP contribution in [-0.4, -0.2) is 14.3 Å². The third-order valence-electron chi connectivity index (χ3n) is 3.52. The topological polar surface area (TPSA) is 68.9 Å². The summed E-state index contributed by atoms with van der Waals surface area (Å²) in [6, 6.07) is 5.20. The molecule has 1 aromatic carbocycles. The summed E-state index contributed by atoms with van der Waals surface area (Å²) in [6.45, 7) is 0.488. The maximum Gasteiger partial charge on any atom is 0.275 e. The highest BCUT2D eigenvalue weighted by Gasteiger charge is 2.12. The second-order valence-electron chi connectivity index (χ2n) is 4.82. The summed E-state index contributed by atoms with van der Waals surface area (Å²) < 4.78 is 3.08. The van der Waals surface area contributed by atoms with Gasteiger partial charge in [0.25, 0.3) is 11.1 Å². The molecule has 3 aromatic rings. The van der Waals surface area contributed by atoms with Crippen LogP contribution in [-0.2, 0) is 20.6 Å².